The van der Waals surface area contributed by atoms with Crippen molar-refractivity contribution in [2.75, 3.05) is 33.2 Å². The summed E-state index contributed by atoms with van der Waals surface area (Å²) < 4.78 is 63.6. The highest BCUT2D eigenvalue weighted by Crippen LogP contribution is 2.20. The molecule has 1 aromatic carbocycles. The van der Waals surface area contributed by atoms with Gasteiger partial charge in [-0.2, -0.15) is 13.2 Å². The molecule has 1 aliphatic heterocycles. The number of likely N-dealkylation sites (tertiary alicyclic amines) is 1. The highest BCUT2D eigenvalue weighted by molar-refractivity contribution is 7.89. The number of benzene rings is 1. The van der Waals surface area contributed by atoms with Gasteiger partial charge in [-0.3, -0.25) is 4.90 Å². The minimum Gasteiger partial charge on any atom is -0.357 e. The second-order valence-corrected chi connectivity index (χ2v) is 8.42. The Morgan fingerprint density at radius 2 is 2.11 bits per heavy atom. The summed E-state index contributed by atoms with van der Waals surface area (Å²) in [5, 5.41) is 6.22. The zero-order valence-electron chi connectivity index (χ0n) is 15.9. The first-order valence-electron chi connectivity index (χ1n) is 8.99. The molecule has 1 unspecified atom stereocenters. The third-order valence-corrected chi connectivity index (χ3v) is 5.67. The van der Waals surface area contributed by atoms with Crippen molar-refractivity contribution in [3.05, 3.63) is 29.8 Å². The summed E-state index contributed by atoms with van der Waals surface area (Å²) >= 11 is 0. The Bertz CT molecular complexity index is 783. The van der Waals surface area contributed by atoms with Crippen LogP contribution in [0.15, 0.2) is 34.2 Å². The van der Waals surface area contributed by atoms with Gasteiger partial charge < -0.3 is 10.6 Å². The fourth-order valence-corrected chi connectivity index (χ4v) is 3.76. The topological polar surface area (TPSA) is 85.8 Å². The molecule has 1 saturated heterocycles. The van der Waals surface area contributed by atoms with E-state index in [2.05, 4.69) is 20.3 Å². The lowest BCUT2D eigenvalue weighted by molar-refractivity contribution is -0.143. The van der Waals surface area contributed by atoms with Crippen molar-refractivity contribution in [2.24, 2.45) is 4.99 Å². The average Bonchev–Trinajstić information content (AvgIpc) is 3.05. The molecule has 7 nitrogen and oxygen atoms in total. The number of hydrogen-bond acceptors (Lipinski definition) is 4. The summed E-state index contributed by atoms with van der Waals surface area (Å²) in [6.07, 6.45) is -3.61. The summed E-state index contributed by atoms with van der Waals surface area (Å²) in [6.45, 7) is 2.48. The van der Waals surface area contributed by atoms with E-state index in [1.165, 1.54) is 18.0 Å². The fourth-order valence-electron chi connectivity index (χ4n) is 2.96. The summed E-state index contributed by atoms with van der Waals surface area (Å²) in [6, 6.07) is 6.32. The third-order valence-electron chi connectivity index (χ3n) is 4.26. The maximum Gasteiger partial charge on any atom is 0.401 e. The van der Waals surface area contributed by atoms with E-state index < -0.39 is 22.7 Å². The van der Waals surface area contributed by atoms with Crippen LogP contribution < -0.4 is 15.4 Å². The first-order valence-corrected chi connectivity index (χ1v) is 10.5. The molecule has 3 N–H and O–H groups in total. The van der Waals surface area contributed by atoms with Gasteiger partial charge in [0, 0.05) is 25.7 Å². The van der Waals surface area contributed by atoms with Gasteiger partial charge in [-0.05, 0) is 38.1 Å². The number of nitrogens with zero attached hydrogens (tertiary/aromatic N) is 2. The first-order chi connectivity index (χ1) is 13.1. The van der Waals surface area contributed by atoms with Gasteiger partial charge in [0.25, 0.3) is 0 Å². The minimum atomic E-state index is -4.20. The number of aliphatic imine (C=N–C) groups is 1. The molecule has 158 valence electrons. The normalized spacial score (nSPS) is 19.0. The van der Waals surface area contributed by atoms with Gasteiger partial charge >= 0.3 is 6.18 Å². The number of nitrogens with one attached hydrogen (secondary N) is 3. The highest BCUT2D eigenvalue weighted by atomic mass is 32.2. The van der Waals surface area contributed by atoms with Gasteiger partial charge in [-0.15, -0.1) is 0 Å². The molecular formula is C17H26F3N5O2S. The SMILES string of the molecule is CCNC(=NCc1cccc(S(=O)(=O)NC)c1)NC1CCN(CC(F)(F)F)C1. The number of rotatable bonds is 7. The van der Waals surface area contributed by atoms with Crippen molar-refractivity contribution < 1.29 is 21.6 Å². The predicted molar refractivity (Wildman–Crippen MR) is 102 cm³/mol. The van der Waals surface area contributed by atoms with Gasteiger partial charge in [-0.25, -0.2) is 18.1 Å². The van der Waals surface area contributed by atoms with Crippen molar-refractivity contribution >= 4 is 16.0 Å². The number of alkyl halides is 3. The Morgan fingerprint density at radius 1 is 1.36 bits per heavy atom. The van der Waals surface area contributed by atoms with E-state index in [-0.39, 0.29) is 17.5 Å². The Morgan fingerprint density at radius 3 is 2.75 bits per heavy atom. The Balaban J connectivity index is 2.01. The molecule has 1 atom stereocenters. The number of guanidine groups is 1. The van der Waals surface area contributed by atoms with Crippen molar-refractivity contribution in [1.82, 2.24) is 20.3 Å². The first kappa shape index (κ1) is 22.4. The van der Waals surface area contributed by atoms with Gasteiger partial charge in [0.15, 0.2) is 5.96 Å². The van der Waals surface area contributed by atoms with Crippen molar-refractivity contribution in [3.63, 3.8) is 0 Å². The maximum atomic E-state index is 12.5. The van der Waals surface area contributed by atoms with E-state index >= 15 is 0 Å². The Kier molecular flexibility index (Phi) is 7.67. The van der Waals surface area contributed by atoms with Crippen LogP contribution in [0, 0.1) is 0 Å². The molecule has 1 aromatic rings. The highest BCUT2D eigenvalue weighted by Gasteiger charge is 2.34. The van der Waals surface area contributed by atoms with Crippen molar-refractivity contribution in [2.45, 2.75) is 37.0 Å². The fraction of sp³-hybridized carbons (Fsp3) is 0.588. The van der Waals surface area contributed by atoms with E-state index in [0.717, 1.165) is 0 Å². The molecule has 0 bridgehead atoms. The molecule has 0 aliphatic carbocycles. The molecule has 2 rings (SSSR count). The van der Waals surface area contributed by atoms with Crippen LogP contribution in [0.4, 0.5) is 13.2 Å². The molecule has 1 aliphatic rings. The van der Waals surface area contributed by atoms with Gasteiger partial charge in [0.1, 0.15) is 0 Å². The molecule has 1 fully saturated rings. The Labute approximate surface area is 163 Å². The van der Waals surface area contributed by atoms with Crippen LogP contribution in [-0.2, 0) is 16.6 Å². The van der Waals surface area contributed by atoms with Gasteiger partial charge in [0.2, 0.25) is 10.0 Å². The molecule has 0 aromatic heterocycles. The predicted octanol–water partition coefficient (Wildman–Crippen LogP) is 1.29. The lowest BCUT2D eigenvalue weighted by Gasteiger charge is -2.19. The van der Waals surface area contributed by atoms with Crippen LogP contribution in [0.25, 0.3) is 0 Å². The van der Waals surface area contributed by atoms with E-state index in [4.69, 9.17) is 0 Å². The van der Waals surface area contributed by atoms with Gasteiger partial charge in [0.05, 0.1) is 18.0 Å². The smallest absolute Gasteiger partial charge is 0.357 e. The lowest BCUT2D eigenvalue weighted by atomic mass is 10.2. The summed E-state index contributed by atoms with van der Waals surface area (Å²) in [4.78, 5) is 5.95. The van der Waals surface area contributed by atoms with Crippen LogP contribution in [-0.4, -0.2) is 64.7 Å². The molecule has 0 spiro atoms. The maximum absolute atomic E-state index is 12.5. The largest absolute Gasteiger partial charge is 0.401 e. The van der Waals surface area contributed by atoms with E-state index in [1.807, 2.05) is 6.92 Å². The molecular weight excluding hydrogens is 395 g/mol. The van der Waals surface area contributed by atoms with Crippen LogP contribution in [0.2, 0.25) is 0 Å². The minimum absolute atomic E-state index is 0.129. The molecule has 0 radical (unpaired) electrons. The van der Waals surface area contributed by atoms with Gasteiger partial charge in [-0.1, -0.05) is 12.1 Å². The van der Waals surface area contributed by atoms with Crippen molar-refractivity contribution in [3.8, 4) is 0 Å². The summed E-state index contributed by atoms with van der Waals surface area (Å²) in [5.41, 5.74) is 0.707. The van der Waals surface area contributed by atoms with Crippen LogP contribution in [0.1, 0.15) is 18.9 Å². The number of halogens is 3. The monoisotopic (exact) mass is 421 g/mol. The quantitative estimate of drug-likeness (QED) is 0.456. The molecule has 0 amide bonds. The van der Waals surface area contributed by atoms with E-state index in [9.17, 15) is 21.6 Å². The summed E-state index contributed by atoms with van der Waals surface area (Å²) in [5.74, 6) is 0.489. The number of sulfonamides is 1. The second kappa shape index (κ2) is 9.57. The average molecular weight is 421 g/mol. The van der Waals surface area contributed by atoms with E-state index in [0.29, 0.717) is 37.6 Å². The van der Waals surface area contributed by atoms with E-state index in [1.54, 1.807) is 18.2 Å². The standard InChI is InChI=1S/C17H26F3N5O2S/c1-3-22-16(24-14-7-8-25(11-14)12-17(18,19)20)23-10-13-5-4-6-15(9-13)28(26,27)21-2/h4-6,9,14,21H,3,7-8,10-12H2,1-2H3,(H2,22,23,24). The van der Waals surface area contributed by atoms with Crippen LogP contribution in [0.3, 0.4) is 0 Å². The Hall–Kier alpha value is -1.85. The molecule has 28 heavy (non-hydrogen) atoms. The molecule has 11 heteroatoms. The zero-order chi connectivity index (χ0) is 20.8. The molecule has 0 saturated carbocycles. The van der Waals surface area contributed by atoms with Crippen LogP contribution in [0.5, 0.6) is 0 Å². The number of hydrogen-bond donors (Lipinski definition) is 3. The zero-order valence-corrected chi connectivity index (χ0v) is 16.7. The lowest BCUT2D eigenvalue weighted by Crippen LogP contribution is -2.45. The van der Waals surface area contributed by atoms with Crippen molar-refractivity contribution in [1.29, 1.82) is 0 Å². The molecule has 1 heterocycles. The third kappa shape index (κ3) is 6.95. The summed E-state index contributed by atoms with van der Waals surface area (Å²) in [7, 11) is -2.19. The second-order valence-electron chi connectivity index (χ2n) is 6.53. The van der Waals surface area contributed by atoms with Crippen LogP contribution >= 0.6 is 0 Å².